The van der Waals surface area contributed by atoms with Crippen LogP contribution in [-0.2, 0) is 6.42 Å². The van der Waals surface area contributed by atoms with Gasteiger partial charge in [-0.05, 0) is 61.9 Å². The zero-order chi connectivity index (χ0) is 21.2. The Morgan fingerprint density at radius 1 is 1.17 bits per heavy atom. The molecule has 5 nitrogen and oxygen atoms in total. The standard InChI is InChI=1S/C24H29N5/c1-7-17-12-18-13-19(10-11-24(4,5)6)29(23(18)27-14-17)20-8-9-21(26-15-20)22(25)28-16(2)3/h7-9,12-15,25H,1,10-11H2,2-6H3. The first-order valence-electron chi connectivity index (χ1n) is 9.88. The minimum absolute atomic E-state index is 0.177. The topological polar surface area (TPSA) is 66.9 Å². The van der Waals surface area contributed by atoms with Crippen molar-refractivity contribution >= 4 is 28.7 Å². The van der Waals surface area contributed by atoms with Crippen LogP contribution in [0.2, 0.25) is 0 Å². The van der Waals surface area contributed by atoms with Crippen molar-refractivity contribution in [3.05, 3.63) is 60.2 Å². The van der Waals surface area contributed by atoms with E-state index in [1.165, 1.54) is 5.69 Å². The van der Waals surface area contributed by atoms with Crippen LogP contribution in [0.5, 0.6) is 0 Å². The highest BCUT2D eigenvalue weighted by Crippen LogP contribution is 2.28. The summed E-state index contributed by atoms with van der Waals surface area (Å²) in [6.45, 7) is 14.4. The third-order valence-corrected chi connectivity index (χ3v) is 4.69. The number of aromatic nitrogens is 3. The molecule has 0 fully saturated rings. The molecule has 3 aromatic heterocycles. The summed E-state index contributed by atoms with van der Waals surface area (Å²) in [5.41, 5.74) is 5.70. The third-order valence-electron chi connectivity index (χ3n) is 4.69. The predicted octanol–water partition coefficient (Wildman–Crippen LogP) is 5.85. The number of hydrogen-bond acceptors (Lipinski definition) is 3. The fraction of sp³-hybridized carbons (Fsp3) is 0.333. The van der Waals surface area contributed by atoms with E-state index in [0.29, 0.717) is 5.69 Å². The average Bonchev–Trinajstić information content (AvgIpc) is 3.02. The molecule has 0 amide bonds. The summed E-state index contributed by atoms with van der Waals surface area (Å²) in [4.78, 5) is 13.4. The first-order chi connectivity index (χ1) is 13.7. The van der Waals surface area contributed by atoms with Crippen LogP contribution in [0.15, 0.2) is 48.2 Å². The van der Waals surface area contributed by atoms with Crippen LogP contribution in [0.25, 0.3) is 22.8 Å². The summed E-state index contributed by atoms with van der Waals surface area (Å²) in [5, 5.41) is 9.17. The van der Waals surface area contributed by atoms with Gasteiger partial charge < -0.3 is 0 Å². The number of aliphatic imine (C=N–C) groups is 1. The van der Waals surface area contributed by atoms with Crippen LogP contribution >= 0.6 is 0 Å². The zero-order valence-electron chi connectivity index (χ0n) is 18.0. The fourth-order valence-corrected chi connectivity index (χ4v) is 3.19. The minimum atomic E-state index is 0.177. The van der Waals surface area contributed by atoms with E-state index < -0.39 is 0 Å². The number of fused-ring (bicyclic) bond motifs is 1. The Morgan fingerprint density at radius 3 is 2.52 bits per heavy atom. The van der Waals surface area contributed by atoms with Gasteiger partial charge in [-0.25, -0.2) is 9.98 Å². The molecule has 1 N–H and O–H groups in total. The van der Waals surface area contributed by atoms with Crippen LogP contribution in [0.1, 0.15) is 58.0 Å². The Kier molecular flexibility index (Phi) is 5.78. The Balaban J connectivity index is 2.07. The Morgan fingerprint density at radius 2 is 1.93 bits per heavy atom. The van der Waals surface area contributed by atoms with E-state index in [2.05, 4.69) is 54.0 Å². The van der Waals surface area contributed by atoms with Crippen LogP contribution in [-0.4, -0.2) is 26.1 Å². The highest BCUT2D eigenvalue weighted by Gasteiger charge is 2.16. The molecule has 0 bridgehead atoms. The maximum absolute atomic E-state index is 8.08. The Labute approximate surface area is 172 Å². The molecular formula is C24H29N5. The molecule has 0 saturated carbocycles. The van der Waals surface area contributed by atoms with Crippen molar-refractivity contribution in [1.29, 1.82) is 5.41 Å². The molecule has 0 atom stereocenters. The monoisotopic (exact) mass is 387 g/mol. The number of nitrogens with zero attached hydrogens (tertiary/aromatic N) is 4. The lowest BCUT2D eigenvalue weighted by Crippen LogP contribution is -2.10. The van der Waals surface area contributed by atoms with Gasteiger partial charge in [-0.3, -0.25) is 15.0 Å². The van der Waals surface area contributed by atoms with Gasteiger partial charge in [-0.2, -0.15) is 0 Å². The first kappa shape index (κ1) is 20.6. The van der Waals surface area contributed by atoms with Gasteiger partial charge in [0.15, 0.2) is 5.84 Å². The molecule has 0 saturated heterocycles. The second kappa shape index (κ2) is 8.11. The molecule has 5 heteroatoms. The molecule has 0 radical (unpaired) electrons. The van der Waals surface area contributed by atoms with Crippen LogP contribution in [0, 0.1) is 10.8 Å². The first-order valence-corrected chi connectivity index (χ1v) is 9.88. The van der Waals surface area contributed by atoms with Crippen LogP contribution in [0.3, 0.4) is 0 Å². The number of pyridine rings is 2. The van der Waals surface area contributed by atoms with E-state index in [-0.39, 0.29) is 11.3 Å². The van der Waals surface area contributed by atoms with Gasteiger partial charge in [0.2, 0.25) is 0 Å². The molecule has 0 unspecified atom stereocenters. The maximum Gasteiger partial charge on any atom is 0.170 e. The lowest BCUT2D eigenvalue weighted by atomic mass is 9.90. The van der Waals surface area contributed by atoms with Crippen molar-refractivity contribution in [2.45, 2.75) is 47.5 Å². The van der Waals surface area contributed by atoms with E-state index in [1.807, 2.05) is 38.3 Å². The average molecular weight is 388 g/mol. The van der Waals surface area contributed by atoms with Crippen molar-refractivity contribution in [2.75, 3.05) is 0 Å². The normalized spacial score (nSPS) is 11.5. The number of nitrogens with one attached hydrogen (secondary N) is 1. The summed E-state index contributed by atoms with van der Waals surface area (Å²) >= 11 is 0. The van der Waals surface area contributed by atoms with Gasteiger partial charge in [0.05, 0.1) is 11.9 Å². The molecule has 0 aliphatic heterocycles. The van der Waals surface area contributed by atoms with Crippen molar-refractivity contribution in [3.8, 4) is 5.69 Å². The lowest BCUT2D eigenvalue weighted by Gasteiger charge is -2.18. The van der Waals surface area contributed by atoms with E-state index in [9.17, 15) is 0 Å². The van der Waals surface area contributed by atoms with Gasteiger partial charge in [0.25, 0.3) is 0 Å². The molecule has 3 aromatic rings. The number of rotatable bonds is 5. The van der Waals surface area contributed by atoms with Crippen molar-refractivity contribution in [2.24, 2.45) is 10.4 Å². The largest absolute Gasteiger partial charge is 0.297 e. The predicted molar refractivity (Wildman–Crippen MR) is 122 cm³/mol. The highest BCUT2D eigenvalue weighted by molar-refractivity contribution is 6.03. The van der Waals surface area contributed by atoms with E-state index in [0.717, 1.165) is 40.8 Å². The summed E-state index contributed by atoms with van der Waals surface area (Å²) < 4.78 is 2.17. The quantitative estimate of drug-likeness (QED) is 0.441. The summed E-state index contributed by atoms with van der Waals surface area (Å²) in [6.07, 6.45) is 7.47. The SMILES string of the molecule is C=Cc1cnc2c(c1)cc(CCC(C)(C)C)n2-c1ccc(C(=N)N=C(C)C)nc1. The van der Waals surface area contributed by atoms with E-state index >= 15 is 0 Å². The number of aryl methyl sites for hydroxylation is 1. The fourth-order valence-electron chi connectivity index (χ4n) is 3.19. The molecule has 0 aliphatic rings. The summed E-state index contributed by atoms with van der Waals surface area (Å²) in [6, 6.07) is 8.16. The third kappa shape index (κ3) is 4.86. The molecule has 150 valence electrons. The molecule has 29 heavy (non-hydrogen) atoms. The summed E-state index contributed by atoms with van der Waals surface area (Å²) in [5.74, 6) is 0.177. The second-order valence-corrected chi connectivity index (χ2v) is 8.73. The molecular weight excluding hydrogens is 358 g/mol. The van der Waals surface area contributed by atoms with Gasteiger partial charge >= 0.3 is 0 Å². The van der Waals surface area contributed by atoms with Gasteiger partial charge in [-0.15, -0.1) is 0 Å². The summed E-state index contributed by atoms with van der Waals surface area (Å²) in [7, 11) is 0. The lowest BCUT2D eigenvalue weighted by molar-refractivity contribution is 0.376. The highest BCUT2D eigenvalue weighted by atomic mass is 15.1. The number of amidine groups is 1. The number of hydrogen-bond donors (Lipinski definition) is 1. The van der Waals surface area contributed by atoms with Crippen molar-refractivity contribution in [1.82, 2.24) is 14.5 Å². The molecule has 0 spiro atoms. The molecule has 0 aliphatic carbocycles. The molecule has 3 rings (SSSR count). The smallest absolute Gasteiger partial charge is 0.170 e. The van der Waals surface area contributed by atoms with E-state index in [4.69, 9.17) is 10.4 Å². The Bertz CT molecular complexity index is 1070. The van der Waals surface area contributed by atoms with Gasteiger partial charge in [-0.1, -0.05) is 33.4 Å². The molecule has 0 aromatic carbocycles. The molecule has 3 heterocycles. The van der Waals surface area contributed by atoms with Crippen LogP contribution in [0.4, 0.5) is 0 Å². The zero-order valence-corrected chi connectivity index (χ0v) is 18.0. The van der Waals surface area contributed by atoms with Crippen molar-refractivity contribution in [3.63, 3.8) is 0 Å². The van der Waals surface area contributed by atoms with Gasteiger partial charge in [0.1, 0.15) is 11.3 Å². The van der Waals surface area contributed by atoms with Gasteiger partial charge in [0, 0.05) is 23.0 Å². The Hall–Kier alpha value is -3.08. The van der Waals surface area contributed by atoms with Crippen LogP contribution < -0.4 is 0 Å². The minimum Gasteiger partial charge on any atom is -0.297 e. The second-order valence-electron chi connectivity index (χ2n) is 8.73. The van der Waals surface area contributed by atoms with Crippen molar-refractivity contribution < 1.29 is 0 Å². The maximum atomic E-state index is 8.08. The van der Waals surface area contributed by atoms with E-state index in [1.54, 1.807) is 6.20 Å².